The van der Waals surface area contributed by atoms with Gasteiger partial charge in [-0.2, -0.15) is 0 Å². The van der Waals surface area contributed by atoms with Crippen molar-refractivity contribution < 1.29 is 38.2 Å². The van der Waals surface area contributed by atoms with E-state index < -0.39 is 18.1 Å². The average molecular weight is 754 g/mol. The van der Waals surface area contributed by atoms with Crippen LogP contribution < -0.4 is 5.11 Å². The second-order valence-corrected chi connectivity index (χ2v) is 16.7. The van der Waals surface area contributed by atoms with E-state index in [2.05, 4.69) is 13.8 Å². The Kier molecular flexibility index (Phi) is 36.1. The predicted octanol–water partition coefficient (Wildman–Crippen LogP) is 10.8. The fraction of sp³-hybridized carbons (Fsp3) is 0.933. The lowest BCUT2D eigenvalue weighted by Crippen LogP contribution is -2.55. The minimum absolute atomic E-state index is 0.0483. The van der Waals surface area contributed by atoms with Crippen molar-refractivity contribution >= 4 is 17.9 Å². The number of hydrogen-bond donors (Lipinski definition) is 0. The van der Waals surface area contributed by atoms with Crippen LogP contribution in [0.4, 0.5) is 0 Å². The molecule has 8 nitrogen and oxygen atoms in total. The molecule has 0 saturated heterocycles. The molecule has 8 heteroatoms. The Labute approximate surface area is 327 Å². The molecule has 0 radical (unpaired) electrons. The van der Waals surface area contributed by atoms with Crippen LogP contribution in [-0.2, 0) is 28.6 Å². The second kappa shape index (κ2) is 37.3. The molecule has 2 unspecified atom stereocenters. The minimum atomic E-state index is -1.12. The van der Waals surface area contributed by atoms with E-state index in [0.717, 1.165) is 38.5 Å². The molecule has 0 bridgehead atoms. The molecule has 2 atom stereocenters. The molecule has 0 aliphatic heterocycles. The second-order valence-electron chi connectivity index (χ2n) is 16.7. The van der Waals surface area contributed by atoms with Crippen molar-refractivity contribution in [2.24, 2.45) is 0 Å². The van der Waals surface area contributed by atoms with E-state index >= 15 is 0 Å². The lowest BCUT2D eigenvalue weighted by atomic mass is 10.0. The highest BCUT2D eigenvalue weighted by Crippen LogP contribution is 2.16. The monoisotopic (exact) mass is 754 g/mol. The summed E-state index contributed by atoms with van der Waals surface area (Å²) in [4.78, 5) is 36.7. The Morgan fingerprint density at radius 1 is 0.491 bits per heavy atom. The summed E-state index contributed by atoms with van der Waals surface area (Å²) in [5.74, 6) is -1.72. The summed E-state index contributed by atoms with van der Waals surface area (Å²) in [6.45, 7) is 4.66. The first-order valence-electron chi connectivity index (χ1n) is 22.6. The number of carbonyl (C=O) groups excluding carboxylic acids is 3. The van der Waals surface area contributed by atoms with E-state index in [-0.39, 0.29) is 42.7 Å². The fourth-order valence-corrected chi connectivity index (χ4v) is 6.95. The van der Waals surface area contributed by atoms with Crippen LogP contribution in [0, 0.1) is 0 Å². The molecule has 0 rings (SSSR count). The molecule has 0 aromatic rings. The number of ether oxygens (including phenoxy) is 3. The Morgan fingerprint density at radius 3 is 1.17 bits per heavy atom. The molecule has 0 spiro atoms. The Bertz CT molecular complexity index is 843. The average Bonchev–Trinajstić information content (AvgIpc) is 3.11. The summed E-state index contributed by atoms with van der Waals surface area (Å²) in [5, 5.41) is 11.6. The maximum Gasteiger partial charge on any atom is 0.306 e. The predicted molar refractivity (Wildman–Crippen MR) is 218 cm³/mol. The maximum atomic E-state index is 12.6. The van der Waals surface area contributed by atoms with E-state index in [1.54, 1.807) is 21.1 Å². The van der Waals surface area contributed by atoms with Gasteiger partial charge in [0.15, 0.2) is 6.10 Å². The van der Waals surface area contributed by atoms with Gasteiger partial charge < -0.3 is 28.6 Å². The zero-order valence-electron chi connectivity index (χ0n) is 35.7. The van der Waals surface area contributed by atoms with Gasteiger partial charge in [0.2, 0.25) is 0 Å². The number of carboxylic acids is 1. The van der Waals surface area contributed by atoms with Gasteiger partial charge in [0.1, 0.15) is 12.6 Å². The molecule has 314 valence electrons. The van der Waals surface area contributed by atoms with Crippen molar-refractivity contribution in [2.45, 2.75) is 231 Å². The summed E-state index contributed by atoms with van der Waals surface area (Å²) in [6.07, 6.45) is 37.1. The molecule has 0 N–H and O–H groups in total. The number of carbonyl (C=O) groups is 3. The first-order chi connectivity index (χ1) is 25.6. The third kappa shape index (κ3) is 35.8. The van der Waals surface area contributed by atoms with Crippen LogP contribution in [0.5, 0.6) is 0 Å². The molecule has 0 aliphatic carbocycles. The van der Waals surface area contributed by atoms with Crippen LogP contribution in [0.15, 0.2) is 0 Å². The van der Waals surface area contributed by atoms with Crippen molar-refractivity contribution in [3.8, 4) is 0 Å². The summed E-state index contributed by atoms with van der Waals surface area (Å²) in [7, 11) is 5.41. The fourth-order valence-electron chi connectivity index (χ4n) is 6.95. The van der Waals surface area contributed by atoms with Gasteiger partial charge >= 0.3 is 11.9 Å². The van der Waals surface area contributed by atoms with Gasteiger partial charge in [0, 0.05) is 19.3 Å². The first kappa shape index (κ1) is 51.3. The summed E-state index contributed by atoms with van der Waals surface area (Å²) in [5.41, 5.74) is 0. The summed E-state index contributed by atoms with van der Waals surface area (Å²) in [6, 6.07) is -0.718. The number of nitrogens with zero attached hydrogens (tertiary/aromatic N) is 1. The molecule has 0 amide bonds. The van der Waals surface area contributed by atoms with Crippen molar-refractivity contribution in [2.75, 3.05) is 41.0 Å². The SMILES string of the molecule is CCCCCCCCCCCCCCCCCCCCCCCC(=O)OCC(COCCC(C(=O)[O-])[N+](C)(C)C)OC(=O)CCCCCCCCCC. The maximum absolute atomic E-state index is 12.6. The number of likely N-dealkylation sites (N-methyl/N-ethyl adjacent to an activating group) is 1. The van der Waals surface area contributed by atoms with Crippen LogP contribution in [0.25, 0.3) is 0 Å². The summed E-state index contributed by atoms with van der Waals surface area (Å²) >= 11 is 0. The molecule has 0 aliphatic rings. The van der Waals surface area contributed by atoms with Gasteiger partial charge in [0.05, 0.1) is 40.3 Å². The van der Waals surface area contributed by atoms with E-state index in [0.29, 0.717) is 12.8 Å². The van der Waals surface area contributed by atoms with Gasteiger partial charge in [-0.3, -0.25) is 9.59 Å². The molecule has 0 fully saturated rings. The van der Waals surface area contributed by atoms with E-state index in [9.17, 15) is 19.5 Å². The molecule has 0 aromatic heterocycles. The molecule has 0 aromatic carbocycles. The third-order valence-corrected chi connectivity index (χ3v) is 10.5. The lowest BCUT2D eigenvalue weighted by molar-refractivity contribution is -0.889. The number of quaternary nitrogens is 1. The highest BCUT2D eigenvalue weighted by Gasteiger charge is 2.25. The Balaban J connectivity index is 4.10. The highest BCUT2D eigenvalue weighted by molar-refractivity contribution is 5.70. The zero-order chi connectivity index (χ0) is 39.3. The van der Waals surface area contributed by atoms with Crippen LogP contribution in [0.1, 0.15) is 219 Å². The van der Waals surface area contributed by atoms with Crippen LogP contribution in [-0.4, -0.2) is 75.5 Å². The van der Waals surface area contributed by atoms with Crippen molar-refractivity contribution in [3.63, 3.8) is 0 Å². The van der Waals surface area contributed by atoms with Gasteiger partial charge in [0.25, 0.3) is 0 Å². The smallest absolute Gasteiger partial charge is 0.306 e. The number of unbranched alkanes of at least 4 members (excludes halogenated alkanes) is 27. The van der Waals surface area contributed by atoms with Crippen molar-refractivity contribution in [1.29, 1.82) is 0 Å². The standard InChI is InChI=1S/C45H87NO7/c1-6-8-10-12-14-16-17-18-19-20-21-22-23-24-25-26-27-28-30-31-33-35-43(47)52-40-41(39-51-38-37-42(45(49)50)46(3,4)5)53-44(48)36-34-32-29-15-13-11-9-7-2/h41-42H,6-40H2,1-5H3. The molecule has 53 heavy (non-hydrogen) atoms. The molecule has 0 saturated carbocycles. The van der Waals surface area contributed by atoms with Crippen molar-refractivity contribution in [1.82, 2.24) is 0 Å². The topological polar surface area (TPSA) is 102 Å². The van der Waals surface area contributed by atoms with Crippen LogP contribution >= 0.6 is 0 Å². The largest absolute Gasteiger partial charge is 0.544 e. The third-order valence-electron chi connectivity index (χ3n) is 10.5. The zero-order valence-corrected chi connectivity index (χ0v) is 35.7. The normalized spacial score (nSPS) is 12.8. The number of carboxylic acid groups (broad SMARTS) is 1. The Morgan fingerprint density at radius 2 is 0.830 bits per heavy atom. The number of rotatable bonds is 41. The minimum Gasteiger partial charge on any atom is -0.544 e. The van der Waals surface area contributed by atoms with Crippen molar-refractivity contribution in [3.05, 3.63) is 0 Å². The van der Waals surface area contributed by atoms with Gasteiger partial charge in [-0.25, -0.2) is 0 Å². The summed E-state index contributed by atoms with van der Waals surface area (Å²) < 4.78 is 17.1. The van der Waals surface area contributed by atoms with E-state index in [1.807, 2.05) is 0 Å². The van der Waals surface area contributed by atoms with Crippen LogP contribution in [0.2, 0.25) is 0 Å². The number of esters is 2. The lowest BCUT2D eigenvalue weighted by Gasteiger charge is -2.34. The van der Waals surface area contributed by atoms with Gasteiger partial charge in [-0.05, 0) is 12.8 Å². The van der Waals surface area contributed by atoms with E-state index in [1.165, 1.54) is 148 Å². The number of hydrogen-bond acceptors (Lipinski definition) is 7. The molecular formula is C45H87NO7. The number of aliphatic carboxylic acids is 1. The quantitative estimate of drug-likeness (QED) is 0.0348. The molecule has 0 heterocycles. The van der Waals surface area contributed by atoms with Crippen LogP contribution in [0.3, 0.4) is 0 Å². The molecular weight excluding hydrogens is 666 g/mol. The first-order valence-corrected chi connectivity index (χ1v) is 22.6. The van der Waals surface area contributed by atoms with E-state index in [4.69, 9.17) is 14.2 Å². The van der Waals surface area contributed by atoms with Gasteiger partial charge in [-0.15, -0.1) is 0 Å². The highest BCUT2D eigenvalue weighted by atomic mass is 16.6. The Hall–Kier alpha value is -1.67. The van der Waals surface area contributed by atoms with Gasteiger partial charge in [-0.1, -0.05) is 187 Å².